The lowest BCUT2D eigenvalue weighted by Crippen LogP contribution is -2.29. The molecule has 1 aliphatic heterocycles. The minimum absolute atomic E-state index is 0.0575. The highest BCUT2D eigenvalue weighted by Gasteiger charge is 2.28. The van der Waals surface area contributed by atoms with Crippen LogP contribution >= 0.6 is 0 Å². The fraction of sp³-hybridized carbons (Fsp3) is 0.385. The van der Waals surface area contributed by atoms with Crippen molar-refractivity contribution in [2.24, 2.45) is 0 Å². The highest BCUT2D eigenvalue weighted by Crippen LogP contribution is 2.30. The van der Waals surface area contributed by atoms with Crippen molar-refractivity contribution in [1.29, 1.82) is 0 Å². The number of rotatable bonds is 3. The molecule has 0 amide bonds. The molecular formula is C13H15NO4. The van der Waals surface area contributed by atoms with E-state index in [2.05, 4.69) is 0 Å². The number of nitrogens with two attached hydrogens (primary N) is 1. The maximum absolute atomic E-state index is 11.9. The molecule has 1 aromatic carbocycles. The second-order valence-corrected chi connectivity index (χ2v) is 4.13. The third kappa shape index (κ3) is 2.61. The maximum Gasteiger partial charge on any atom is 0.309 e. The van der Waals surface area contributed by atoms with E-state index in [1.165, 1.54) is 0 Å². The Hall–Kier alpha value is -2.04. The fourth-order valence-electron chi connectivity index (χ4n) is 1.93. The van der Waals surface area contributed by atoms with Crippen LogP contribution in [0.1, 0.15) is 30.1 Å². The molecule has 2 N–H and O–H groups in total. The Morgan fingerprint density at radius 3 is 3.06 bits per heavy atom. The molecule has 0 saturated heterocycles. The molecule has 0 aliphatic carbocycles. The molecule has 0 fully saturated rings. The van der Waals surface area contributed by atoms with Gasteiger partial charge in [-0.05, 0) is 25.1 Å². The number of hydrogen-bond acceptors (Lipinski definition) is 5. The number of ketones is 1. The van der Waals surface area contributed by atoms with E-state index in [4.69, 9.17) is 15.2 Å². The molecule has 0 saturated carbocycles. The molecule has 5 nitrogen and oxygen atoms in total. The zero-order valence-electron chi connectivity index (χ0n) is 10.1. The normalized spacial score (nSPS) is 17.8. The number of carbonyl (C=O) groups excluding carboxylic acids is 2. The summed E-state index contributed by atoms with van der Waals surface area (Å²) < 4.78 is 10.4. The Labute approximate surface area is 105 Å². The third-order valence-electron chi connectivity index (χ3n) is 2.71. The number of hydrogen-bond donors (Lipinski definition) is 1. The van der Waals surface area contributed by atoms with Crippen LogP contribution in [0.15, 0.2) is 18.2 Å². The Kier molecular flexibility index (Phi) is 3.50. The summed E-state index contributed by atoms with van der Waals surface area (Å²) in [4.78, 5) is 23.3. The number of fused-ring (bicyclic) bond motifs is 1. The van der Waals surface area contributed by atoms with Crippen LogP contribution < -0.4 is 10.5 Å². The quantitative estimate of drug-likeness (QED) is 0.649. The zero-order chi connectivity index (χ0) is 13.1. The number of carbonyl (C=O) groups is 2. The van der Waals surface area contributed by atoms with Crippen LogP contribution in [0.4, 0.5) is 5.69 Å². The van der Waals surface area contributed by atoms with Crippen LogP contribution in [0.2, 0.25) is 0 Å². The first-order valence-electron chi connectivity index (χ1n) is 5.85. The van der Waals surface area contributed by atoms with Gasteiger partial charge < -0.3 is 15.2 Å². The monoisotopic (exact) mass is 249 g/mol. The van der Waals surface area contributed by atoms with Crippen molar-refractivity contribution in [2.45, 2.75) is 25.9 Å². The predicted molar refractivity (Wildman–Crippen MR) is 65.5 cm³/mol. The first-order chi connectivity index (χ1) is 8.60. The summed E-state index contributed by atoms with van der Waals surface area (Å²) in [6, 6.07) is 4.91. The summed E-state index contributed by atoms with van der Waals surface area (Å²) >= 11 is 0. The lowest BCUT2D eigenvalue weighted by Gasteiger charge is -2.24. The molecule has 0 spiro atoms. The molecule has 18 heavy (non-hydrogen) atoms. The second-order valence-electron chi connectivity index (χ2n) is 4.13. The van der Waals surface area contributed by atoms with E-state index in [1.54, 1.807) is 25.1 Å². The summed E-state index contributed by atoms with van der Waals surface area (Å²) in [7, 11) is 0. The number of Topliss-reactive ketones (excluding diaryl/α,β-unsaturated/α-hetero) is 1. The van der Waals surface area contributed by atoms with E-state index in [-0.39, 0.29) is 24.6 Å². The second kappa shape index (κ2) is 5.08. The van der Waals surface area contributed by atoms with Crippen LogP contribution in [-0.4, -0.2) is 24.5 Å². The Balaban J connectivity index is 2.11. The van der Waals surface area contributed by atoms with Gasteiger partial charge in [0.15, 0.2) is 5.78 Å². The molecule has 5 heteroatoms. The van der Waals surface area contributed by atoms with Crippen LogP contribution in [0.25, 0.3) is 0 Å². The molecule has 0 aromatic heterocycles. The van der Waals surface area contributed by atoms with Crippen molar-refractivity contribution in [3.8, 4) is 5.75 Å². The van der Waals surface area contributed by atoms with Crippen LogP contribution in [0.5, 0.6) is 5.75 Å². The Bertz CT molecular complexity index is 484. The standard InChI is InChI=1S/C13H15NO4/c1-2-17-13(16)7-9-6-11(15)10-5-8(14)3-4-12(10)18-9/h3-5,9H,2,6-7,14H2,1H3/t9-/m0/s1. The first kappa shape index (κ1) is 12.4. The topological polar surface area (TPSA) is 78.6 Å². The molecule has 1 heterocycles. The van der Waals surface area contributed by atoms with Crippen LogP contribution in [0.3, 0.4) is 0 Å². The predicted octanol–water partition coefficient (Wildman–Crippen LogP) is 1.56. The van der Waals surface area contributed by atoms with Gasteiger partial charge in [0.1, 0.15) is 11.9 Å². The summed E-state index contributed by atoms with van der Waals surface area (Å²) in [5.74, 6) is 0.0711. The van der Waals surface area contributed by atoms with Crippen LogP contribution in [-0.2, 0) is 9.53 Å². The molecule has 2 rings (SSSR count). The van der Waals surface area contributed by atoms with E-state index < -0.39 is 6.10 Å². The van der Waals surface area contributed by atoms with Crippen molar-refractivity contribution in [1.82, 2.24) is 0 Å². The average Bonchev–Trinajstić information content (AvgIpc) is 2.30. The van der Waals surface area contributed by atoms with E-state index in [0.717, 1.165) is 0 Å². The van der Waals surface area contributed by atoms with E-state index in [9.17, 15) is 9.59 Å². The van der Waals surface area contributed by atoms with Gasteiger partial charge >= 0.3 is 5.97 Å². The molecule has 1 atom stereocenters. The molecule has 1 aromatic rings. The lowest BCUT2D eigenvalue weighted by molar-refractivity contribution is -0.144. The van der Waals surface area contributed by atoms with Gasteiger partial charge in [0.05, 0.1) is 18.6 Å². The number of nitrogen functional groups attached to an aromatic ring is 1. The molecule has 0 unspecified atom stereocenters. The van der Waals surface area contributed by atoms with E-state index >= 15 is 0 Å². The van der Waals surface area contributed by atoms with Gasteiger partial charge in [0, 0.05) is 12.1 Å². The Morgan fingerprint density at radius 1 is 1.56 bits per heavy atom. The lowest BCUT2D eigenvalue weighted by atomic mass is 9.98. The van der Waals surface area contributed by atoms with Crippen molar-refractivity contribution in [3.63, 3.8) is 0 Å². The number of ether oxygens (including phenoxy) is 2. The number of anilines is 1. The minimum Gasteiger partial charge on any atom is -0.489 e. The number of benzene rings is 1. The average molecular weight is 249 g/mol. The van der Waals surface area contributed by atoms with Gasteiger partial charge in [-0.25, -0.2) is 0 Å². The zero-order valence-corrected chi connectivity index (χ0v) is 10.1. The maximum atomic E-state index is 11.9. The van der Waals surface area contributed by atoms with Gasteiger partial charge in [-0.1, -0.05) is 0 Å². The fourth-order valence-corrected chi connectivity index (χ4v) is 1.93. The number of esters is 1. The smallest absolute Gasteiger partial charge is 0.309 e. The van der Waals surface area contributed by atoms with Gasteiger partial charge in [-0.15, -0.1) is 0 Å². The van der Waals surface area contributed by atoms with Gasteiger partial charge in [0.2, 0.25) is 0 Å². The Morgan fingerprint density at radius 2 is 2.33 bits per heavy atom. The van der Waals surface area contributed by atoms with Crippen molar-refractivity contribution < 1.29 is 19.1 Å². The third-order valence-corrected chi connectivity index (χ3v) is 2.71. The molecule has 0 radical (unpaired) electrons. The summed E-state index contributed by atoms with van der Waals surface area (Å²) in [6.07, 6.45) is -0.189. The summed E-state index contributed by atoms with van der Waals surface area (Å²) in [5.41, 5.74) is 6.62. The van der Waals surface area contributed by atoms with Crippen LogP contribution in [0, 0.1) is 0 Å². The van der Waals surface area contributed by atoms with Gasteiger partial charge in [-0.2, -0.15) is 0 Å². The highest BCUT2D eigenvalue weighted by molar-refractivity contribution is 6.00. The minimum atomic E-state index is -0.451. The molecule has 0 bridgehead atoms. The van der Waals surface area contributed by atoms with Crippen molar-refractivity contribution >= 4 is 17.4 Å². The SMILES string of the molecule is CCOC(=O)C[C@@H]1CC(=O)c2cc(N)ccc2O1. The summed E-state index contributed by atoms with van der Waals surface area (Å²) in [6.45, 7) is 2.06. The van der Waals surface area contributed by atoms with Gasteiger partial charge in [-0.3, -0.25) is 9.59 Å². The van der Waals surface area contributed by atoms with Gasteiger partial charge in [0.25, 0.3) is 0 Å². The first-order valence-corrected chi connectivity index (χ1v) is 5.85. The molecule has 1 aliphatic rings. The molecule has 96 valence electrons. The van der Waals surface area contributed by atoms with Crippen molar-refractivity contribution in [2.75, 3.05) is 12.3 Å². The highest BCUT2D eigenvalue weighted by atomic mass is 16.5. The van der Waals surface area contributed by atoms with Crippen molar-refractivity contribution in [3.05, 3.63) is 23.8 Å². The summed E-state index contributed by atoms with van der Waals surface area (Å²) in [5, 5.41) is 0. The van der Waals surface area contributed by atoms with E-state index in [0.29, 0.717) is 23.6 Å². The van der Waals surface area contributed by atoms with E-state index in [1.807, 2.05) is 0 Å². The molecular weight excluding hydrogens is 234 g/mol. The largest absolute Gasteiger partial charge is 0.489 e.